The second-order valence-electron chi connectivity index (χ2n) is 34.5. The van der Waals surface area contributed by atoms with Gasteiger partial charge in [-0.3, -0.25) is 14.6 Å². The molecule has 0 saturated carbocycles. The maximum absolute atomic E-state index is 13.5. The van der Waals surface area contributed by atoms with Crippen LogP contribution in [0.4, 0.5) is 14.4 Å². The van der Waals surface area contributed by atoms with E-state index in [2.05, 4.69) is 87.7 Å². The number of nitrogens with one attached hydrogen (secondary N) is 1. The molecule has 122 heavy (non-hydrogen) atoms. The van der Waals surface area contributed by atoms with Gasteiger partial charge in [0.05, 0.1) is 33.3 Å². The molecule has 4 saturated heterocycles. The third-order valence-electron chi connectivity index (χ3n) is 22.2. The van der Waals surface area contributed by atoms with Crippen molar-refractivity contribution in [2.24, 2.45) is 21.7 Å². The number of amides is 3. The van der Waals surface area contributed by atoms with E-state index in [1.165, 1.54) is 5.39 Å². The summed E-state index contributed by atoms with van der Waals surface area (Å²) in [5.74, 6) is 0.334. The number of hydrogen-bond acceptors (Lipinski definition) is 18. The number of ketones is 2. The van der Waals surface area contributed by atoms with Gasteiger partial charge in [-0.2, -0.15) is 0 Å². The Kier molecular flexibility index (Phi) is 40.2. The average molecular weight is 1860 g/mol. The van der Waals surface area contributed by atoms with Gasteiger partial charge in [-0.1, -0.05) is 188 Å². The Hall–Kier alpha value is -8.68. The molecule has 14 rings (SSSR count). The van der Waals surface area contributed by atoms with E-state index in [1.807, 2.05) is 226 Å². The molecule has 25 heteroatoms. The van der Waals surface area contributed by atoms with Gasteiger partial charge in [-0.25, -0.2) is 34.3 Å². The van der Waals surface area contributed by atoms with Crippen LogP contribution in [0.2, 0.25) is 5.15 Å². The van der Waals surface area contributed by atoms with Gasteiger partial charge < -0.3 is 44.1 Å². The molecule has 4 aliphatic rings. The van der Waals surface area contributed by atoms with Crippen LogP contribution >= 0.6 is 46.6 Å². The van der Waals surface area contributed by atoms with E-state index < -0.39 is 43.1 Å². The molecular weight excluding hydrogens is 1740 g/mol. The number of aldehydes is 1. The molecule has 9 heterocycles. The van der Waals surface area contributed by atoms with Crippen molar-refractivity contribution in [3.05, 3.63) is 208 Å². The first kappa shape index (κ1) is 102. The van der Waals surface area contributed by atoms with Crippen molar-refractivity contribution < 1.29 is 70.6 Å². The normalized spacial score (nSPS) is 15.9. The van der Waals surface area contributed by atoms with Gasteiger partial charge >= 0.3 is 40.8 Å². The summed E-state index contributed by atoms with van der Waals surface area (Å²) in [5.41, 5.74) is 3.92. The quantitative estimate of drug-likeness (QED) is 0.0241. The number of aromatic nitrogens is 5. The molecule has 0 radical (unpaired) electrons. The van der Waals surface area contributed by atoms with Crippen molar-refractivity contribution in [1.29, 1.82) is 0 Å². The zero-order valence-electron chi connectivity index (χ0n) is 72.5. The summed E-state index contributed by atoms with van der Waals surface area (Å²) in [4.78, 5) is 102. The number of pyridine rings is 5. The molecule has 3 amide bonds. The van der Waals surface area contributed by atoms with E-state index >= 15 is 0 Å². The number of carbonyl (C=O) groups is 6. The number of Topliss-reactive ketones (excluding diaryl/α,β-unsaturated/α-hetero) is 2. The molecule has 5 aromatic carbocycles. The number of rotatable bonds is 15. The summed E-state index contributed by atoms with van der Waals surface area (Å²) in [6.45, 7) is 30.7. The van der Waals surface area contributed by atoms with Crippen LogP contribution in [-0.4, -0.2) is 150 Å². The number of likely N-dealkylation sites (tertiary alicyclic amines) is 3. The van der Waals surface area contributed by atoms with Crippen molar-refractivity contribution in [3.63, 3.8) is 0 Å². The van der Waals surface area contributed by atoms with Gasteiger partial charge in [-0.15, -0.1) is 12.4 Å². The van der Waals surface area contributed by atoms with Gasteiger partial charge in [0, 0.05) is 87.9 Å². The van der Waals surface area contributed by atoms with E-state index in [4.69, 9.17) is 38.5 Å². The molecule has 659 valence electrons. The summed E-state index contributed by atoms with van der Waals surface area (Å²) in [5, 5.41) is 20.7. The number of benzene rings is 5. The molecule has 2 N–H and O–H groups in total. The average Bonchev–Trinajstić information content (AvgIpc) is 0.784. The Morgan fingerprint density at radius 2 is 0.770 bits per heavy atom. The molecular formula is C97H126Cl2IMnN9O12. The van der Waals surface area contributed by atoms with Crippen LogP contribution in [0, 0.1) is 25.4 Å². The third-order valence-corrected chi connectivity index (χ3v) is 23.0. The maximum atomic E-state index is 13.5. The van der Waals surface area contributed by atoms with Crippen molar-refractivity contribution in [2.45, 2.75) is 223 Å². The number of piperidine rings is 4. The fraction of sp³-hybridized carbons (Fsp3) is 0.474. The number of nitrogens with zero attached hydrogens (tertiary/aromatic N) is 8. The van der Waals surface area contributed by atoms with Crippen molar-refractivity contribution in [1.82, 2.24) is 44.9 Å². The minimum atomic E-state index is -1.44. The number of aliphatic hydroxyl groups is 1. The van der Waals surface area contributed by atoms with Crippen LogP contribution in [0.25, 0.3) is 54.5 Å². The number of hydrogen-bond donors (Lipinski definition) is 2. The number of halogens is 3. The molecule has 0 aliphatic carbocycles. The predicted octanol–water partition coefficient (Wildman–Crippen LogP) is 23.5. The van der Waals surface area contributed by atoms with E-state index in [0.29, 0.717) is 68.7 Å². The fourth-order valence-electron chi connectivity index (χ4n) is 16.1. The summed E-state index contributed by atoms with van der Waals surface area (Å²) in [6, 6.07) is 59.3. The second kappa shape index (κ2) is 48.0. The number of ether oxygens (including phenoxy) is 3. The van der Waals surface area contributed by atoms with E-state index in [-0.39, 0.29) is 65.9 Å². The Labute approximate surface area is 752 Å². The molecule has 1 atom stereocenters. The number of carbonyl (C=O) groups excluding carboxylic acids is 6. The van der Waals surface area contributed by atoms with Crippen molar-refractivity contribution >= 4 is 137 Å². The van der Waals surface area contributed by atoms with E-state index in [1.54, 1.807) is 20.8 Å². The van der Waals surface area contributed by atoms with Gasteiger partial charge in [0.15, 0.2) is 11.6 Å². The first-order valence-corrected chi connectivity index (χ1v) is 44.5. The summed E-state index contributed by atoms with van der Waals surface area (Å²) in [6.07, 6.45) is 13.3. The number of para-hydroxylation sites is 5. The molecule has 4 aliphatic heterocycles. The topological polar surface area (TPSA) is 271 Å². The molecule has 1 unspecified atom stereocenters. The fourth-order valence-corrected chi connectivity index (χ4v) is 16.6. The van der Waals surface area contributed by atoms with Crippen molar-refractivity contribution in [3.8, 4) is 0 Å². The predicted molar refractivity (Wildman–Crippen MR) is 494 cm³/mol. The van der Waals surface area contributed by atoms with Crippen LogP contribution in [0.1, 0.15) is 233 Å². The monoisotopic (exact) mass is 1860 g/mol. The molecule has 0 bridgehead atoms. The summed E-state index contributed by atoms with van der Waals surface area (Å²) >= 11 is 6.49. The Morgan fingerprint density at radius 3 is 1.15 bits per heavy atom. The third kappa shape index (κ3) is 29.8. The van der Waals surface area contributed by atoms with Crippen LogP contribution in [0.5, 0.6) is 0 Å². The second-order valence-corrected chi connectivity index (χ2v) is 36.2. The minimum absolute atomic E-state index is 0. The molecule has 0 spiro atoms. The first-order chi connectivity index (χ1) is 57.2. The molecule has 5 aromatic heterocycles. The zero-order chi connectivity index (χ0) is 87.3. The molecule has 21 nitrogen and oxygen atoms in total. The molecule has 10 aromatic rings. The Morgan fingerprint density at radius 1 is 0.451 bits per heavy atom. The number of aliphatic hydroxyl groups excluding tert-OH is 1. The van der Waals surface area contributed by atoms with Gasteiger partial charge in [0.2, 0.25) is 0 Å². The zero-order valence-corrected chi connectivity index (χ0v) is 77.4. The number of fused-ring (bicyclic) bond motifs is 5. The van der Waals surface area contributed by atoms with Crippen LogP contribution in [0.15, 0.2) is 182 Å². The van der Waals surface area contributed by atoms with Gasteiger partial charge in [0.25, 0.3) is 0 Å². The van der Waals surface area contributed by atoms with Gasteiger partial charge in [-0.05, 0) is 242 Å². The Balaban J connectivity index is 0.000000231. The summed E-state index contributed by atoms with van der Waals surface area (Å²) < 4.78 is 34.2. The van der Waals surface area contributed by atoms with Crippen LogP contribution in [-0.2, 0) is 41.5 Å². The van der Waals surface area contributed by atoms with E-state index in [0.717, 1.165) is 168 Å². The van der Waals surface area contributed by atoms with Crippen LogP contribution < -0.4 is 5.32 Å². The molecule has 4 fully saturated rings. The van der Waals surface area contributed by atoms with Crippen LogP contribution in [0.3, 0.4) is 0 Å². The summed E-state index contributed by atoms with van der Waals surface area (Å²) in [7, 11) is 0. The standard InChI is InChI=1S/C23H32N2O3.C23H30N2O3.C18H22N2O.C14H25NO3.C9H6ClN.C9H6IN.CH4.ClH.Mn.2O/c2*1-5-12-23(13-15-25(16-14-23)21(27)28-22(2,3)4)20(26)19-11-10-17-8-6-7-9-18(17)24-19;1-2-9-18(10-12-19-13-11-18)17(21)16-8-7-14-5-3-4-6-15(14)20-16;1-5-6-14(11-16)7-9-15(10-8-14)12(17)18-13(2,3)4;2*10-9-6-5-7-3-1-2-4-8(7)11-9;;;;;/h6-11,20,26H,5,12-16H2,1-4H3;6-11H,5,12-16H2,1-4H3;3-8,19H,2,9-13H2,1H3;11H,5-10H2,1-4H3;2*1-6H;1H4;1H;;;. The SMILES string of the molecule is C.CCCC1(C(=O)c2ccc3ccccc3n2)CCN(C(=O)OC(C)(C)C)CC1.CCCC1(C(=O)c2ccc3ccccc3n2)CCNCC1.CCCC1(C(O)c2ccc3ccccc3n2)CCN(C(=O)OC(C)(C)C)CC1.CCCC1(C=O)CCN(C(=O)OC(C)(C)C)CC1.Cl.Clc1ccc2ccccc2n1.Ic1ccc2ccccc2n1.[O]=[Mn]=[O]. The van der Waals surface area contributed by atoms with E-state index in [9.17, 15) is 33.9 Å². The van der Waals surface area contributed by atoms with Crippen molar-refractivity contribution in [2.75, 3.05) is 52.4 Å². The first-order valence-electron chi connectivity index (χ1n) is 42.1. The Bertz CT molecular complexity index is 5000. The van der Waals surface area contributed by atoms with Gasteiger partial charge in [0.1, 0.15) is 49.4 Å².